The van der Waals surface area contributed by atoms with Crippen LogP contribution >= 0.6 is 0 Å². The maximum atomic E-state index is 12.1. The summed E-state index contributed by atoms with van der Waals surface area (Å²) in [6.07, 6.45) is 3.76. The summed E-state index contributed by atoms with van der Waals surface area (Å²) < 4.78 is 0. The summed E-state index contributed by atoms with van der Waals surface area (Å²) in [7, 11) is 1.73. The fourth-order valence-corrected chi connectivity index (χ4v) is 2.42. The number of unbranched alkanes of at least 4 members (excludes halogenated alkanes) is 1. The molecule has 4 heteroatoms. The Kier molecular flexibility index (Phi) is 4.77. The lowest BCUT2D eigenvalue weighted by atomic mass is 10.1. The van der Waals surface area contributed by atoms with E-state index in [1.165, 1.54) is 18.4 Å². The van der Waals surface area contributed by atoms with E-state index in [0.29, 0.717) is 13.0 Å². The zero-order valence-electron chi connectivity index (χ0n) is 12.2. The molecule has 4 nitrogen and oxygen atoms in total. The molecule has 1 fully saturated rings. The third-order valence-corrected chi connectivity index (χ3v) is 3.75. The number of anilines is 1. The molecule has 0 aromatic heterocycles. The number of nitrogens with zero attached hydrogens (tertiary/aromatic N) is 1. The molecule has 108 valence electrons. The lowest BCUT2D eigenvalue weighted by Gasteiger charge is -2.11. The molecular weight excluding hydrogens is 252 g/mol. The number of rotatable bonds is 5. The van der Waals surface area contributed by atoms with E-state index in [9.17, 15) is 9.59 Å². The average Bonchev–Trinajstić information content (AvgIpc) is 2.78. The zero-order valence-corrected chi connectivity index (χ0v) is 12.2. The molecule has 1 aromatic carbocycles. The van der Waals surface area contributed by atoms with Crippen molar-refractivity contribution >= 4 is 17.5 Å². The van der Waals surface area contributed by atoms with Gasteiger partial charge in [0.05, 0.1) is 5.92 Å². The van der Waals surface area contributed by atoms with Gasteiger partial charge in [-0.3, -0.25) is 9.59 Å². The first-order valence-corrected chi connectivity index (χ1v) is 7.24. The van der Waals surface area contributed by atoms with E-state index in [1.54, 1.807) is 11.9 Å². The van der Waals surface area contributed by atoms with Crippen LogP contribution in [0.3, 0.4) is 0 Å². The van der Waals surface area contributed by atoms with Crippen molar-refractivity contribution in [3.63, 3.8) is 0 Å². The minimum atomic E-state index is -0.229. The molecular formula is C16H22N2O2. The van der Waals surface area contributed by atoms with Crippen LogP contribution in [0.4, 0.5) is 5.69 Å². The Morgan fingerprint density at radius 1 is 1.35 bits per heavy atom. The Morgan fingerprint density at radius 2 is 2.05 bits per heavy atom. The van der Waals surface area contributed by atoms with Gasteiger partial charge in [-0.05, 0) is 30.5 Å². The maximum Gasteiger partial charge on any atom is 0.229 e. The Labute approximate surface area is 120 Å². The number of nitrogens with one attached hydrogen (secondary N) is 1. The van der Waals surface area contributed by atoms with Crippen LogP contribution in [0.2, 0.25) is 0 Å². The third-order valence-electron chi connectivity index (χ3n) is 3.75. The monoisotopic (exact) mass is 274 g/mol. The summed E-state index contributed by atoms with van der Waals surface area (Å²) >= 11 is 0. The van der Waals surface area contributed by atoms with Gasteiger partial charge < -0.3 is 10.2 Å². The topological polar surface area (TPSA) is 49.4 Å². The fraction of sp³-hybridized carbons (Fsp3) is 0.500. The first kappa shape index (κ1) is 14.6. The zero-order chi connectivity index (χ0) is 14.5. The van der Waals surface area contributed by atoms with Crippen molar-refractivity contribution in [1.29, 1.82) is 0 Å². The normalized spacial score (nSPS) is 18.4. The maximum absolute atomic E-state index is 12.1. The summed E-state index contributed by atoms with van der Waals surface area (Å²) in [5.74, 6) is -0.253. The van der Waals surface area contributed by atoms with Crippen molar-refractivity contribution in [2.75, 3.05) is 18.9 Å². The third kappa shape index (κ3) is 3.59. The Morgan fingerprint density at radius 3 is 2.60 bits per heavy atom. The van der Waals surface area contributed by atoms with E-state index in [-0.39, 0.29) is 17.7 Å². The minimum absolute atomic E-state index is 0.0417. The van der Waals surface area contributed by atoms with E-state index >= 15 is 0 Å². The second kappa shape index (κ2) is 6.55. The lowest BCUT2D eigenvalue weighted by molar-refractivity contribution is -0.127. The molecule has 1 atom stereocenters. The standard InChI is InChI=1S/C16H22N2O2/c1-3-4-5-12-6-8-14(9-7-12)17-16(20)13-10-15(19)18(2)11-13/h6-9,13H,3-5,10-11H2,1-2H3,(H,17,20)/t13-/m0/s1. The molecule has 0 radical (unpaired) electrons. The molecule has 0 aliphatic carbocycles. The van der Waals surface area contributed by atoms with Crippen molar-refractivity contribution < 1.29 is 9.59 Å². The predicted molar refractivity (Wildman–Crippen MR) is 79.4 cm³/mol. The molecule has 0 spiro atoms. The molecule has 1 saturated heterocycles. The van der Waals surface area contributed by atoms with Crippen LogP contribution in [0.5, 0.6) is 0 Å². The molecule has 1 N–H and O–H groups in total. The summed E-state index contributed by atoms with van der Waals surface area (Å²) in [5.41, 5.74) is 2.10. The molecule has 0 bridgehead atoms. The van der Waals surface area contributed by atoms with Crippen LogP contribution in [0, 0.1) is 5.92 Å². The molecule has 2 rings (SSSR count). The molecule has 1 aromatic rings. The number of hydrogen-bond acceptors (Lipinski definition) is 2. The summed E-state index contributed by atoms with van der Waals surface area (Å²) in [6.45, 7) is 2.69. The second-order valence-corrected chi connectivity index (χ2v) is 5.47. The highest BCUT2D eigenvalue weighted by Crippen LogP contribution is 2.19. The molecule has 0 saturated carbocycles. The number of carbonyl (C=O) groups is 2. The van der Waals surface area contributed by atoms with Gasteiger partial charge in [0.1, 0.15) is 0 Å². The van der Waals surface area contributed by atoms with E-state index in [1.807, 2.05) is 12.1 Å². The van der Waals surface area contributed by atoms with Gasteiger partial charge in [0.25, 0.3) is 0 Å². The number of hydrogen-bond donors (Lipinski definition) is 1. The van der Waals surface area contributed by atoms with Gasteiger partial charge in [0.15, 0.2) is 0 Å². The first-order chi connectivity index (χ1) is 9.60. The highest BCUT2D eigenvalue weighted by atomic mass is 16.2. The van der Waals surface area contributed by atoms with Crippen LogP contribution in [0.25, 0.3) is 0 Å². The number of benzene rings is 1. The van der Waals surface area contributed by atoms with Gasteiger partial charge >= 0.3 is 0 Å². The molecule has 0 unspecified atom stereocenters. The van der Waals surface area contributed by atoms with E-state index in [4.69, 9.17) is 0 Å². The van der Waals surface area contributed by atoms with Gasteiger partial charge in [-0.25, -0.2) is 0 Å². The highest BCUT2D eigenvalue weighted by molar-refractivity contribution is 5.97. The van der Waals surface area contributed by atoms with Crippen molar-refractivity contribution in [1.82, 2.24) is 4.90 Å². The Bertz CT molecular complexity index is 482. The number of carbonyl (C=O) groups excluding carboxylic acids is 2. The SMILES string of the molecule is CCCCc1ccc(NC(=O)[C@H]2CC(=O)N(C)C2)cc1. The van der Waals surface area contributed by atoms with Crippen LogP contribution in [0.15, 0.2) is 24.3 Å². The van der Waals surface area contributed by atoms with Gasteiger partial charge in [0.2, 0.25) is 11.8 Å². The largest absolute Gasteiger partial charge is 0.345 e. The minimum Gasteiger partial charge on any atom is -0.345 e. The van der Waals surface area contributed by atoms with Crippen LogP contribution < -0.4 is 5.32 Å². The van der Waals surface area contributed by atoms with Crippen molar-refractivity contribution in [3.05, 3.63) is 29.8 Å². The quantitative estimate of drug-likeness (QED) is 0.896. The highest BCUT2D eigenvalue weighted by Gasteiger charge is 2.31. The summed E-state index contributed by atoms with van der Waals surface area (Å²) in [5, 5.41) is 2.89. The number of likely N-dealkylation sites (tertiary alicyclic amines) is 1. The molecule has 1 heterocycles. The molecule has 1 aliphatic rings. The van der Waals surface area contributed by atoms with Crippen molar-refractivity contribution in [2.45, 2.75) is 32.6 Å². The summed E-state index contributed by atoms with van der Waals surface area (Å²) in [4.78, 5) is 25.1. The van der Waals surface area contributed by atoms with E-state index in [0.717, 1.165) is 12.1 Å². The van der Waals surface area contributed by atoms with Crippen LogP contribution in [-0.2, 0) is 16.0 Å². The lowest BCUT2D eigenvalue weighted by Crippen LogP contribution is -2.25. The van der Waals surface area contributed by atoms with E-state index < -0.39 is 0 Å². The van der Waals surface area contributed by atoms with Gasteiger partial charge in [-0.2, -0.15) is 0 Å². The van der Waals surface area contributed by atoms with Gasteiger partial charge in [-0.1, -0.05) is 25.5 Å². The van der Waals surface area contributed by atoms with Crippen molar-refractivity contribution in [2.24, 2.45) is 5.92 Å². The molecule has 2 amide bonds. The van der Waals surface area contributed by atoms with Crippen LogP contribution in [0.1, 0.15) is 31.7 Å². The number of amides is 2. The second-order valence-electron chi connectivity index (χ2n) is 5.47. The average molecular weight is 274 g/mol. The smallest absolute Gasteiger partial charge is 0.229 e. The van der Waals surface area contributed by atoms with E-state index in [2.05, 4.69) is 24.4 Å². The van der Waals surface area contributed by atoms with Gasteiger partial charge in [-0.15, -0.1) is 0 Å². The van der Waals surface area contributed by atoms with Gasteiger partial charge in [0, 0.05) is 25.7 Å². The summed E-state index contributed by atoms with van der Waals surface area (Å²) in [6, 6.07) is 7.97. The van der Waals surface area contributed by atoms with Crippen molar-refractivity contribution in [3.8, 4) is 0 Å². The molecule has 20 heavy (non-hydrogen) atoms. The first-order valence-electron chi connectivity index (χ1n) is 7.24. The Balaban J connectivity index is 1.90. The molecule has 1 aliphatic heterocycles. The van der Waals surface area contributed by atoms with Crippen LogP contribution in [-0.4, -0.2) is 30.3 Å². The fourth-order valence-electron chi connectivity index (χ4n) is 2.42. The number of aryl methyl sites for hydroxylation is 1. The predicted octanol–water partition coefficient (Wildman–Crippen LogP) is 2.45. The Hall–Kier alpha value is -1.84.